The topological polar surface area (TPSA) is 48.5 Å². The summed E-state index contributed by atoms with van der Waals surface area (Å²) in [5, 5.41) is 3.45. The number of nitrogens with one attached hydrogen (secondary N) is 1. The van der Waals surface area contributed by atoms with Gasteiger partial charge in [-0.3, -0.25) is 14.7 Å². The third-order valence-corrected chi connectivity index (χ3v) is 5.42. The van der Waals surface area contributed by atoms with Crippen molar-refractivity contribution in [2.75, 3.05) is 39.8 Å². The lowest BCUT2D eigenvalue weighted by molar-refractivity contribution is -0.134. The average molecular weight is 389 g/mol. The standard InChI is InChI=1S/C18H28N4O.2ClH/c1-21(14-16-3-2-8-20-13-16)15-17(23)22-11-6-18(7-12-22)4-9-19-10-5-18;;/h2-3,8,13,19H,4-7,9-12,14-15H2,1H3;2*1H. The number of aromatic nitrogens is 1. The number of hydrogen-bond donors (Lipinski definition) is 1. The van der Waals surface area contributed by atoms with E-state index in [4.69, 9.17) is 0 Å². The summed E-state index contributed by atoms with van der Waals surface area (Å²) in [4.78, 5) is 20.8. The van der Waals surface area contributed by atoms with Crippen molar-refractivity contribution in [1.82, 2.24) is 20.1 Å². The van der Waals surface area contributed by atoms with Crippen molar-refractivity contribution in [2.45, 2.75) is 32.2 Å². The van der Waals surface area contributed by atoms with E-state index in [-0.39, 0.29) is 30.7 Å². The van der Waals surface area contributed by atoms with Gasteiger partial charge in [-0.1, -0.05) is 6.07 Å². The second-order valence-electron chi connectivity index (χ2n) is 7.16. The number of halogens is 2. The molecule has 2 fully saturated rings. The highest BCUT2D eigenvalue weighted by Crippen LogP contribution is 2.39. The highest BCUT2D eigenvalue weighted by molar-refractivity contribution is 5.85. The van der Waals surface area contributed by atoms with Crippen molar-refractivity contribution in [3.63, 3.8) is 0 Å². The van der Waals surface area contributed by atoms with Crippen molar-refractivity contribution in [3.05, 3.63) is 30.1 Å². The Labute approximate surface area is 163 Å². The number of likely N-dealkylation sites (tertiary alicyclic amines) is 1. The van der Waals surface area contributed by atoms with Gasteiger partial charge in [-0.25, -0.2) is 0 Å². The summed E-state index contributed by atoms with van der Waals surface area (Å²) < 4.78 is 0. The van der Waals surface area contributed by atoms with Gasteiger partial charge in [0.05, 0.1) is 6.54 Å². The number of likely N-dealkylation sites (N-methyl/N-ethyl adjacent to an activating group) is 1. The van der Waals surface area contributed by atoms with Crippen molar-refractivity contribution in [2.24, 2.45) is 5.41 Å². The van der Waals surface area contributed by atoms with Gasteiger partial charge in [0.1, 0.15) is 0 Å². The summed E-state index contributed by atoms with van der Waals surface area (Å²) >= 11 is 0. The molecule has 0 atom stereocenters. The maximum absolute atomic E-state index is 12.5. The fourth-order valence-electron chi connectivity index (χ4n) is 3.88. The van der Waals surface area contributed by atoms with Crippen molar-refractivity contribution < 1.29 is 4.79 Å². The van der Waals surface area contributed by atoms with Crippen LogP contribution in [-0.4, -0.2) is 60.5 Å². The Morgan fingerprint density at radius 2 is 1.92 bits per heavy atom. The minimum absolute atomic E-state index is 0. The van der Waals surface area contributed by atoms with Crippen LogP contribution in [0, 0.1) is 5.41 Å². The van der Waals surface area contributed by atoms with E-state index >= 15 is 0 Å². The first-order valence-electron chi connectivity index (χ1n) is 8.73. The van der Waals surface area contributed by atoms with E-state index in [9.17, 15) is 4.79 Å². The maximum atomic E-state index is 12.5. The molecular weight excluding hydrogens is 359 g/mol. The summed E-state index contributed by atoms with van der Waals surface area (Å²) in [6.45, 7) is 5.40. The molecule has 0 unspecified atom stereocenters. The second kappa shape index (κ2) is 10.3. The SMILES string of the molecule is CN(CC(=O)N1CCC2(CCNCC2)CC1)Cc1cccnc1.Cl.Cl. The van der Waals surface area contributed by atoms with Crippen molar-refractivity contribution in [1.29, 1.82) is 0 Å². The normalized spacial score (nSPS) is 19.2. The first-order valence-corrected chi connectivity index (χ1v) is 8.73. The molecule has 0 aromatic carbocycles. The van der Waals surface area contributed by atoms with E-state index in [1.54, 1.807) is 6.20 Å². The average Bonchev–Trinajstić information content (AvgIpc) is 2.57. The number of pyridine rings is 1. The van der Waals surface area contributed by atoms with Crippen molar-refractivity contribution in [3.8, 4) is 0 Å². The third-order valence-electron chi connectivity index (χ3n) is 5.42. The summed E-state index contributed by atoms with van der Waals surface area (Å²) in [6.07, 6.45) is 8.53. The molecular formula is C18H30Cl2N4O. The first-order chi connectivity index (χ1) is 11.2. The smallest absolute Gasteiger partial charge is 0.236 e. The fourth-order valence-corrected chi connectivity index (χ4v) is 3.88. The number of carbonyl (C=O) groups excluding carboxylic acids is 1. The molecule has 5 nitrogen and oxygen atoms in total. The first kappa shape index (κ1) is 22.2. The van der Waals surface area contributed by atoms with E-state index in [1.807, 2.05) is 19.3 Å². The molecule has 1 aromatic rings. The van der Waals surface area contributed by atoms with Gasteiger partial charge in [0.15, 0.2) is 0 Å². The Hall–Kier alpha value is -0.880. The number of piperidine rings is 2. The third kappa shape index (κ3) is 6.10. The van der Waals surface area contributed by atoms with E-state index in [0.717, 1.165) is 38.3 Å². The molecule has 1 N–H and O–H groups in total. The Bertz CT molecular complexity index is 513. The molecule has 0 aliphatic carbocycles. The largest absolute Gasteiger partial charge is 0.342 e. The molecule has 0 bridgehead atoms. The lowest BCUT2D eigenvalue weighted by Crippen LogP contribution is -2.49. The Morgan fingerprint density at radius 3 is 2.52 bits per heavy atom. The summed E-state index contributed by atoms with van der Waals surface area (Å²) in [6, 6.07) is 3.99. The van der Waals surface area contributed by atoms with Crippen LogP contribution in [-0.2, 0) is 11.3 Å². The molecule has 2 saturated heterocycles. The molecule has 2 aliphatic heterocycles. The Kier molecular flexibility index (Phi) is 9.14. The number of nitrogens with zero attached hydrogens (tertiary/aromatic N) is 3. The molecule has 25 heavy (non-hydrogen) atoms. The summed E-state index contributed by atoms with van der Waals surface area (Å²) in [7, 11) is 2.00. The van der Waals surface area contributed by atoms with E-state index in [0.29, 0.717) is 12.0 Å². The lowest BCUT2D eigenvalue weighted by Gasteiger charge is -2.44. The maximum Gasteiger partial charge on any atom is 0.236 e. The number of rotatable bonds is 4. The quantitative estimate of drug-likeness (QED) is 0.859. The second-order valence-corrected chi connectivity index (χ2v) is 7.16. The number of carbonyl (C=O) groups is 1. The lowest BCUT2D eigenvalue weighted by atomic mass is 9.71. The summed E-state index contributed by atoms with van der Waals surface area (Å²) in [5.74, 6) is 0.264. The van der Waals surface area contributed by atoms with E-state index in [2.05, 4.69) is 26.2 Å². The van der Waals surface area contributed by atoms with Crippen LogP contribution in [0.5, 0.6) is 0 Å². The van der Waals surface area contributed by atoms with Crippen LogP contribution in [0.2, 0.25) is 0 Å². The molecule has 3 heterocycles. The molecule has 1 amide bonds. The predicted octanol–water partition coefficient (Wildman–Crippen LogP) is 2.35. The van der Waals surface area contributed by atoms with Crippen LogP contribution in [0.1, 0.15) is 31.2 Å². The van der Waals surface area contributed by atoms with Crippen LogP contribution in [0.25, 0.3) is 0 Å². The zero-order valence-corrected chi connectivity index (χ0v) is 16.6. The van der Waals surface area contributed by atoms with Gasteiger partial charge in [0, 0.05) is 32.0 Å². The minimum atomic E-state index is 0. The molecule has 1 spiro atoms. The van der Waals surface area contributed by atoms with Gasteiger partial charge in [0.2, 0.25) is 5.91 Å². The highest BCUT2D eigenvalue weighted by atomic mass is 35.5. The van der Waals surface area contributed by atoms with Gasteiger partial charge in [-0.05, 0) is 62.9 Å². The number of amides is 1. The van der Waals surface area contributed by atoms with Gasteiger partial charge in [0.25, 0.3) is 0 Å². The number of hydrogen-bond acceptors (Lipinski definition) is 4. The van der Waals surface area contributed by atoms with Crippen LogP contribution < -0.4 is 5.32 Å². The monoisotopic (exact) mass is 388 g/mol. The predicted molar refractivity (Wildman–Crippen MR) is 105 cm³/mol. The van der Waals surface area contributed by atoms with Crippen molar-refractivity contribution >= 4 is 30.7 Å². The molecule has 1 aromatic heterocycles. The zero-order valence-electron chi connectivity index (χ0n) is 14.9. The van der Waals surface area contributed by atoms with Gasteiger partial charge in [-0.15, -0.1) is 24.8 Å². The molecule has 2 aliphatic rings. The van der Waals surface area contributed by atoms with Gasteiger partial charge >= 0.3 is 0 Å². The van der Waals surface area contributed by atoms with Crippen LogP contribution in [0.3, 0.4) is 0 Å². The summed E-state index contributed by atoms with van der Waals surface area (Å²) in [5.41, 5.74) is 1.65. The Balaban J connectivity index is 0.00000156. The van der Waals surface area contributed by atoms with E-state index in [1.165, 1.54) is 25.7 Å². The molecule has 0 saturated carbocycles. The molecule has 0 radical (unpaired) electrons. The fraction of sp³-hybridized carbons (Fsp3) is 0.667. The van der Waals surface area contributed by atoms with Gasteiger partial charge < -0.3 is 10.2 Å². The molecule has 3 rings (SSSR count). The van der Waals surface area contributed by atoms with Crippen LogP contribution in [0.4, 0.5) is 0 Å². The van der Waals surface area contributed by atoms with Gasteiger partial charge in [-0.2, -0.15) is 0 Å². The Morgan fingerprint density at radius 1 is 1.24 bits per heavy atom. The van der Waals surface area contributed by atoms with E-state index < -0.39 is 0 Å². The van der Waals surface area contributed by atoms with Crippen LogP contribution >= 0.6 is 24.8 Å². The molecule has 142 valence electrons. The zero-order chi connectivity index (χ0) is 16.1. The highest BCUT2D eigenvalue weighted by Gasteiger charge is 2.36. The minimum Gasteiger partial charge on any atom is -0.342 e. The molecule has 7 heteroatoms. The van der Waals surface area contributed by atoms with Crippen LogP contribution in [0.15, 0.2) is 24.5 Å².